The van der Waals surface area contributed by atoms with Crippen LogP contribution in [0.3, 0.4) is 0 Å². The third-order valence-corrected chi connectivity index (χ3v) is 5.91. The van der Waals surface area contributed by atoms with Crippen LogP contribution in [0, 0.1) is 11.8 Å². The summed E-state index contributed by atoms with van der Waals surface area (Å²) in [7, 11) is 0. The van der Waals surface area contributed by atoms with Crippen LogP contribution in [-0.4, -0.2) is 34.7 Å². The number of nitrogens with zero attached hydrogens (tertiary/aromatic N) is 2. The molecule has 1 N–H and O–H groups in total. The van der Waals surface area contributed by atoms with Gasteiger partial charge in [0, 0.05) is 29.7 Å². The third kappa shape index (κ3) is 4.45. The summed E-state index contributed by atoms with van der Waals surface area (Å²) in [4.78, 5) is 9.42. The average Bonchev–Trinajstić information content (AvgIpc) is 3.37. The second-order valence-corrected chi connectivity index (χ2v) is 7.96. The highest BCUT2D eigenvalue weighted by Gasteiger charge is 2.24. The molecule has 1 atom stereocenters. The SMILES string of the molecule is OCC#Cc1ccc(CN2CC[C@@H](c3ccnc(-c4ccccc4)c3)C2)s1. The summed E-state index contributed by atoms with van der Waals surface area (Å²) in [5.41, 5.74) is 3.60. The van der Waals surface area contributed by atoms with Crippen LogP contribution in [0.5, 0.6) is 0 Å². The largest absolute Gasteiger partial charge is 0.384 e. The van der Waals surface area contributed by atoms with E-state index in [2.05, 4.69) is 64.2 Å². The van der Waals surface area contributed by atoms with E-state index in [0.717, 1.165) is 30.2 Å². The number of aliphatic hydroxyl groups is 1. The molecule has 2 aromatic heterocycles. The Labute approximate surface area is 164 Å². The van der Waals surface area contributed by atoms with Crippen LogP contribution in [-0.2, 0) is 6.54 Å². The van der Waals surface area contributed by atoms with Gasteiger partial charge in [-0.05, 0) is 48.7 Å². The standard InChI is InChI=1S/C23H22N2OS/c26-14-4-7-21-8-9-22(27-21)17-25-13-11-20(16-25)19-10-12-24-23(15-19)18-5-2-1-3-6-18/h1-3,5-6,8-10,12,15,20,26H,11,13-14,16-17H2/t20-/m1/s1. The summed E-state index contributed by atoms with van der Waals surface area (Å²) < 4.78 is 0. The van der Waals surface area contributed by atoms with Crippen LogP contribution >= 0.6 is 11.3 Å². The fraction of sp³-hybridized carbons (Fsp3) is 0.261. The molecule has 4 heteroatoms. The van der Waals surface area contributed by atoms with Crippen molar-refractivity contribution >= 4 is 11.3 Å². The highest BCUT2D eigenvalue weighted by Crippen LogP contribution is 2.31. The molecule has 1 saturated heterocycles. The number of likely N-dealkylation sites (tertiary alicyclic amines) is 1. The molecule has 1 aliphatic heterocycles. The smallest absolute Gasteiger partial charge is 0.104 e. The molecule has 136 valence electrons. The van der Waals surface area contributed by atoms with Gasteiger partial charge in [-0.2, -0.15) is 0 Å². The number of hydrogen-bond donors (Lipinski definition) is 1. The monoisotopic (exact) mass is 374 g/mol. The Kier molecular flexibility index (Phi) is 5.64. The van der Waals surface area contributed by atoms with E-state index in [0.29, 0.717) is 5.92 Å². The van der Waals surface area contributed by atoms with Gasteiger partial charge in [0.1, 0.15) is 6.61 Å². The summed E-state index contributed by atoms with van der Waals surface area (Å²) in [5.74, 6) is 6.26. The molecular formula is C23H22N2OS. The highest BCUT2D eigenvalue weighted by molar-refractivity contribution is 7.12. The molecule has 4 rings (SSSR count). The molecule has 0 saturated carbocycles. The molecule has 1 aromatic carbocycles. The number of pyridine rings is 1. The average molecular weight is 375 g/mol. The van der Waals surface area contributed by atoms with E-state index >= 15 is 0 Å². The van der Waals surface area contributed by atoms with Crippen LogP contribution in [0.25, 0.3) is 11.3 Å². The van der Waals surface area contributed by atoms with Crippen molar-refractivity contribution in [2.75, 3.05) is 19.7 Å². The topological polar surface area (TPSA) is 36.4 Å². The van der Waals surface area contributed by atoms with E-state index in [1.807, 2.05) is 18.3 Å². The highest BCUT2D eigenvalue weighted by atomic mass is 32.1. The molecule has 3 aromatic rings. The van der Waals surface area contributed by atoms with Gasteiger partial charge in [-0.1, -0.05) is 42.2 Å². The Morgan fingerprint density at radius 1 is 1.15 bits per heavy atom. The predicted molar refractivity (Wildman–Crippen MR) is 111 cm³/mol. The number of aromatic nitrogens is 1. The maximum absolute atomic E-state index is 8.81. The van der Waals surface area contributed by atoms with Crippen LogP contribution in [0.15, 0.2) is 60.8 Å². The molecule has 0 unspecified atom stereocenters. The Morgan fingerprint density at radius 3 is 2.89 bits per heavy atom. The van der Waals surface area contributed by atoms with Crippen LogP contribution in [0.1, 0.15) is 27.7 Å². The van der Waals surface area contributed by atoms with Crippen molar-refractivity contribution in [2.24, 2.45) is 0 Å². The second kappa shape index (κ2) is 8.49. The maximum atomic E-state index is 8.81. The quantitative estimate of drug-likeness (QED) is 0.697. The van der Waals surface area contributed by atoms with Crippen molar-refractivity contribution in [3.05, 3.63) is 76.1 Å². The first kappa shape index (κ1) is 17.9. The van der Waals surface area contributed by atoms with E-state index in [-0.39, 0.29) is 6.61 Å². The predicted octanol–water partition coefficient (Wildman–Crippen LogP) is 4.14. The van der Waals surface area contributed by atoms with Gasteiger partial charge in [0.15, 0.2) is 0 Å². The molecule has 0 bridgehead atoms. The van der Waals surface area contributed by atoms with Crippen molar-refractivity contribution in [3.63, 3.8) is 0 Å². The summed E-state index contributed by atoms with van der Waals surface area (Å²) >= 11 is 1.72. The van der Waals surface area contributed by atoms with E-state index in [1.165, 1.54) is 22.4 Å². The van der Waals surface area contributed by atoms with Gasteiger partial charge in [0.25, 0.3) is 0 Å². The Bertz CT molecular complexity index is 955. The molecule has 0 aliphatic carbocycles. The van der Waals surface area contributed by atoms with Crippen molar-refractivity contribution in [2.45, 2.75) is 18.9 Å². The van der Waals surface area contributed by atoms with Gasteiger partial charge < -0.3 is 5.11 Å². The van der Waals surface area contributed by atoms with E-state index < -0.39 is 0 Å². The number of hydrogen-bond acceptors (Lipinski definition) is 4. The molecule has 0 amide bonds. The lowest BCUT2D eigenvalue weighted by atomic mass is 9.97. The van der Waals surface area contributed by atoms with Crippen molar-refractivity contribution in [1.29, 1.82) is 0 Å². The number of thiophene rings is 1. The van der Waals surface area contributed by atoms with Crippen LogP contribution in [0.2, 0.25) is 0 Å². The van der Waals surface area contributed by atoms with E-state index in [1.54, 1.807) is 11.3 Å². The van der Waals surface area contributed by atoms with Crippen molar-refractivity contribution < 1.29 is 5.11 Å². The third-order valence-electron chi connectivity index (χ3n) is 4.93. The minimum Gasteiger partial charge on any atom is -0.384 e. The molecule has 3 nitrogen and oxygen atoms in total. The zero-order chi connectivity index (χ0) is 18.5. The van der Waals surface area contributed by atoms with Gasteiger partial charge >= 0.3 is 0 Å². The molecule has 0 radical (unpaired) electrons. The Balaban J connectivity index is 1.42. The molecule has 0 spiro atoms. The van der Waals surface area contributed by atoms with Crippen molar-refractivity contribution in [1.82, 2.24) is 9.88 Å². The minimum absolute atomic E-state index is 0.0854. The second-order valence-electron chi connectivity index (χ2n) is 6.79. The first-order valence-corrected chi connectivity index (χ1v) is 10.1. The van der Waals surface area contributed by atoms with Gasteiger partial charge in [0.2, 0.25) is 0 Å². The fourth-order valence-corrected chi connectivity index (χ4v) is 4.52. The molecule has 27 heavy (non-hydrogen) atoms. The lowest BCUT2D eigenvalue weighted by Gasteiger charge is -2.15. The Morgan fingerprint density at radius 2 is 2.04 bits per heavy atom. The van der Waals surface area contributed by atoms with Gasteiger partial charge in [-0.3, -0.25) is 9.88 Å². The minimum atomic E-state index is -0.0854. The summed E-state index contributed by atoms with van der Waals surface area (Å²) in [5, 5.41) is 8.81. The van der Waals surface area contributed by atoms with E-state index in [4.69, 9.17) is 5.11 Å². The van der Waals surface area contributed by atoms with Gasteiger partial charge in [0.05, 0.1) is 10.6 Å². The summed E-state index contributed by atoms with van der Waals surface area (Å²) in [6.07, 6.45) is 3.12. The van der Waals surface area contributed by atoms with Gasteiger partial charge in [-0.15, -0.1) is 11.3 Å². The normalized spacial score (nSPS) is 16.9. The molecule has 3 heterocycles. The number of aliphatic hydroxyl groups excluding tert-OH is 1. The lowest BCUT2D eigenvalue weighted by Crippen LogP contribution is -2.19. The summed E-state index contributed by atoms with van der Waals surface area (Å²) in [6, 6.07) is 19.0. The molecule has 1 fully saturated rings. The zero-order valence-electron chi connectivity index (χ0n) is 15.1. The van der Waals surface area contributed by atoms with Crippen LogP contribution < -0.4 is 0 Å². The fourth-order valence-electron chi connectivity index (χ4n) is 3.59. The molecular weight excluding hydrogens is 352 g/mol. The number of rotatable bonds is 4. The maximum Gasteiger partial charge on any atom is 0.104 e. The lowest BCUT2D eigenvalue weighted by molar-refractivity contribution is 0.330. The van der Waals surface area contributed by atoms with Crippen molar-refractivity contribution in [3.8, 4) is 23.1 Å². The van der Waals surface area contributed by atoms with E-state index in [9.17, 15) is 0 Å². The van der Waals surface area contributed by atoms with Crippen LogP contribution in [0.4, 0.5) is 0 Å². The number of benzene rings is 1. The van der Waals surface area contributed by atoms with Gasteiger partial charge in [-0.25, -0.2) is 0 Å². The first-order valence-electron chi connectivity index (χ1n) is 9.24. The zero-order valence-corrected chi connectivity index (χ0v) is 16.0. The molecule has 1 aliphatic rings. The Hall–Kier alpha value is -2.45. The summed E-state index contributed by atoms with van der Waals surface area (Å²) in [6.45, 7) is 3.08. The first-order chi connectivity index (χ1) is 13.3.